The van der Waals surface area contributed by atoms with Gasteiger partial charge in [0.15, 0.2) is 0 Å². The number of rotatable bonds is 3. The molecule has 1 aromatic carbocycles. The second-order valence-corrected chi connectivity index (χ2v) is 6.24. The van der Waals surface area contributed by atoms with E-state index in [0.717, 1.165) is 31.7 Å². The predicted octanol–water partition coefficient (Wildman–Crippen LogP) is 1.72. The number of carbonyl (C=O) groups excluding carboxylic acids is 1. The molecule has 4 heteroatoms. The fourth-order valence-corrected chi connectivity index (χ4v) is 3.31. The van der Waals surface area contributed by atoms with Crippen LogP contribution in [-0.4, -0.2) is 54.5 Å². The number of likely N-dealkylation sites (tertiary alicyclic amines) is 1. The van der Waals surface area contributed by atoms with Gasteiger partial charge >= 0.3 is 0 Å². The van der Waals surface area contributed by atoms with Gasteiger partial charge in [-0.1, -0.05) is 12.1 Å². The third-order valence-corrected chi connectivity index (χ3v) is 4.54. The van der Waals surface area contributed by atoms with Crippen LogP contribution in [-0.2, 0) is 6.54 Å². The summed E-state index contributed by atoms with van der Waals surface area (Å²) >= 11 is 0. The molecule has 2 heterocycles. The molecule has 1 amide bonds. The van der Waals surface area contributed by atoms with Crippen molar-refractivity contribution in [2.24, 2.45) is 0 Å². The summed E-state index contributed by atoms with van der Waals surface area (Å²) in [5.74, 6) is 0.173. The topological polar surface area (TPSA) is 35.6 Å². The molecule has 0 aliphatic carbocycles. The molecule has 2 fully saturated rings. The first-order chi connectivity index (χ1) is 10.2. The Morgan fingerprint density at radius 1 is 1.29 bits per heavy atom. The molecule has 3 rings (SSSR count). The fraction of sp³-hybridized carbons (Fsp3) is 0.588. The summed E-state index contributed by atoms with van der Waals surface area (Å²) in [6, 6.07) is 8.45. The van der Waals surface area contributed by atoms with Crippen molar-refractivity contribution in [1.29, 1.82) is 0 Å². The zero-order valence-corrected chi connectivity index (χ0v) is 12.8. The SMILES string of the molecule is C[C@@H]1CNCCN1C(=O)c1cccc(CN2CCCC2)c1. The van der Waals surface area contributed by atoms with Crippen LogP contribution < -0.4 is 5.32 Å². The molecule has 0 bridgehead atoms. The third-order valence-electron chi connectivity index (χ3n) is 4.54. The first kappa shape index (κ1) is 14.5. The Morgan fingerprint density at radius 2 is 2.10 bits per heavy atom. The number of piperazine rings is 1. The lowest BCUT2D eigenvalue weighted by Gasteiger charge is -2.34. The molecule has 2 aliphatic rings. The van der Waals surface area contributed by atoms with Crippen molar-refractivity contribution in [3.05, 3.63) is 35.4 Å². The predicted molar refractivity (Wildman–Crippen MR) is 84.3 cm³/mol. The lowest BCUT2D eigenvalue weighted by atomic mass is 10.1. The molecule has 2 aliphatic heterocycles. The largest absolute Gasteiger partial charge is 0.333 e. The highest BCUT2D eigenvalue weighted by Crippen LogP contribution is 2.16. The normalized spacial score (nSPS) is 23.5. The van der Waals surface area contributed by atoms with Crippen molar-refractivity contribution in [3.8, 4) is 0 Å². The number of hydrogen-bond donors (Lipinski definition) is 1. The van der Waals surface area contributed by atoms with E-state index < -0.39 is 0 Å². The molecule has 1 N–H and O–H groups in total. The van der Waals surface area contributed by atoms with Crippen molar-refractivity contribution in [1.82, 2.24) is 15.1 Å². The van der Waals surface area contributed by atoms with Gasteiger partial charge in [-0.2, -0.15) is 0 Å². The van der Waals surface area contributed by atoms with E-state index in [-0.39, 0.29) is 11.9 Å². The molecule has 0 aromatic heterocycles. The number of nitrogens with one attached hydrogen (secondary N) is 1. The van der Waals surface area contributed by atoms with Crippen molar-refractivity contribution in [3.63, 3.8) is 0 Å². The van der Waals surface area contributed by atoms with Gasteiger partial charge in [-0.3, -0.25) is 9.69 Å². The Balaban J connectivity index is 1.70. The van der Waals surface area contributed by atoms with Gasteiger partial charge in [-0.25, -0.2) is 0 Å². The quantitative estimate of drug-likeness (QED) is 0.919. The average Bonchev–Trinajstić information content (AvgIpc) is 3.00. The van der Waals surface area contributed by atoms with Crippen molar-refractivity contribution in [2.75, 3.05) is 32.7 Å². The summed E-state index contributed by atoms with van der Waals surface area (Å²) in [5, 5.41) is 3.33. The van der Waals surface area contributed by atoms with Gasteiger partial charge in [0.1, 0.15) is 0 Å². The van der Waals surface area contributed by atoms with Crippen LogP contribution >= 0.6 is 0 Å². The number of carbonyl (C=O) groups is 1. The second kappa shape index (κ2) is 6.58. The molecule has 0 saturated carbocycles. The highest BCUT2D eigenvalue weighted by atomic mass is 16.2. The summed E-state index contributed by atoms with van der Waals surface area (Å²) in [5.41, 5.74) is 2.09. The molecule has 1 atom stereocenters. The molecular formula is C17H25N3O. The van der Waals surface area contributed by atoms with Gasteiger partial charge in [0.25, 0.3) is 5.91 Å². The van der Waals surface area contributed by atoms with Gasteiger partial charge in [-0.05, 0) is 50.6 Å². The highest BCUT2D eigenvalue weighted by Gasteiger charge is 2.24. The number of benzene rings is 1. The summed E-state index contributed by atoms with van der Waals surface area (Å²) in [7, 11) is 0. The lowest BCUT2D eigenvalue weighted by molar-refractivity contribution is 0.0655. The van der Waals surface area contributed by atoms with Gasteiger partial charge in [0.2, 0.25) is 0 Å². The minimum atomic E-state index is 0.173. The smallest absolute Gasteiger partial charge is 0.254 e. The van der Waals surface area contributed by atoms with Gasteiger partial charge in [-0.15, -0.1) is 0 Å². The van der Waals surface area contributed by atoms with Crippen LogP contribution in [0.2, 0.25) is 0 Å². The molecule has 114 valence electrons. The molecule has 2 saturated heterocycles. The van der Waals surface area contributed by atoms with E-state index >= 15 is 0 Å². The lowest BCUT2D eigenvalue weighted by Crippen LogP contribution is -2.52. The summed E-state index contributed by atoms with van der Waals surface area (Å²) in [4.78, 5) is 17.1. The van der Waals surface area contributed by atoms with Crippen LogP contribution in [0.15, 0.2) is 24.3 Å². The standard InChI is InChI=1S/C17H25N3O/c1-14-12-18-7-10-20(14)17(21)16-6-4-5-15(11-16)13-19-8-2-3-9-19/h4-6,11,14,18H,2-3,7-10,12-13H2,1H3/t14-/m1/s1. The zero-order valence-electron chi connectivity index (χ0n) is 12.8. The first-order valence-electron chi connectivity index (χ1n) is 8.07. The van der Waals surface area contributed by atoms with E-state index in [1.165, 1.54) is 31.5 Å². The Labute approximate surface area is 127 Å². The molecule has 1 aromatic rings. The molecular weight excluding hydrogens is 262 g/mol. The van der Waals surface area contributed by atoms with E-state index in [1.54, 1.807) is 0 Å². The number of nitrogens with zero attached hydrogens (tertiary/aromatic N) is 2. The fourth-order valence-electron chi connectivity index (χ4n) is 3.31. The highest BCUT2D eigenvalue weighted by molar-refractivity contribution is 5.94. The third kappa shape index (κ3) is 3.44. The van der Waals surface area contributed by atoms with Crippen LogP contribution in [0, 0.1) is 0 Å². The van der Waals surface area contributed by atoms with E-state index in [2.05, 4.69) is 29.3 Å². The van der Waals surface area contributed by atoms with Gasteiger partial charge in [0.05, 0.1) is 0 Å². The first-order valence-corrected chi connectivity index (χ1v) is 8.07. The van der Waals surface area contributed by atoms with Crippen LogP contribution in [0.25, 0.3) is 0 Å². The summed E-state index contributed by atoms with van der Waals surface area (Å²) in [6.07, 6.45) is 2.60. The van der Waals surface area contributed by atoms with E-state index in [4.69, 9.17) is 0 Å². The average molecular weight is 287 g/mol. The Bertz CT molecular complexity index is 497. The van der Waals surface area contributed by atoms with E-state index in [1.807, 2.05) is 17.0 Å². The second-order valence-electron chi connectivity index (χ2n) is 6.24. The number of hydrogen-bond acceptors (Lipinski definition) is 3. The summed E-state index contributed by atoms with van der Waals surface area (Å²) < 4.78 is 0. The molecule has 0 radical (unpaired) electrons. The van der Waals surface area contributed by atoms with Crippen molar-refractivity contribution >= 4 is 5.91 Å². The molecule has 0 spiro atoms. The number of amides is 1. The van der Waals surface area contributed by atoms with Gasteiger partial charge in [0, 0.05) is 37.8 Å². The monoisotopic (exact) mass is 287 g/mol. The maximum Gasteiger partial charge on any atom is 0.254 e. The van der Waals surface area contributed by atoms with Crippen LogP contribution in [0.4, 0.5) is 0 Å². The van der Waals surface area contributed by atoms with Gasteiger partial charge < -0.3 is 10.2 Å². The Kier molecular flexibility index (Phi) is 4.56. The van der Waals surface area contributed by atoms with E-state index in [9.17, 15) is 4.79 Å². The van der Waals surface area contributed by atoms with Crippen LogP contribution in [0.5, 0.6) is 0 Å². The maximum absolute atomic E-state index is 12.7. The molecule has 4 nitrogen and oxygen atoms in total. The minimum Gasteiger partial charge on any atom is -0.333 e. The van der Waals surface area contributed by atoms with Crippen molar-refractivity contribution in [2.45, 2.75) is 32.4 Å². The van der Waals surface area contributed by atoms with Crippen LogP contribution in [0.1, 0.15) is 35.7 Å². The minimum absolute atomic E-state index is 0.173. The van der Waals surface area contributed by atoms with E-state index in [0.29, 0.717) is 0 Å². The zero-order chi connectivity index (χ0) is 14.7. The summed E-state index contributed by atoms with van der Waals surface area (Å²) in [6.45, 7) is 8.04. The van der Waals surface area contributed by atoms with Crippen molar-refractivity contribution < 1.29 is 4.79 Å². The Hall–Kier alpha value is -1.39. The molecule has 0 unspecified atom stereocenters. The van der Waals surface area contributed by atoms with Crippen LogP contribution in [0.3, 0.4) is 0 Å². The Morgan fingerprint density at radius 3 is 2.86 bits per heavy atom. The molecule has 21 heavy (non-hydrogen) atoms. The maximum atomic E-state index is 12.7.